The number of hydrogen-bond donors (Lipinski definition) is 1. The van der Waals surface area contributed by atoms with E-state index < -0.39 is 6.10 Å². The maximum atomic E-state index is 9.93. The van der Waals surface area contributed by atoms with Crippen molar-refractivity contribution >= 4 is 5.82 Å². The largest absolute Gasteiger partial charge is 0.496 e. The summed E-state index contributed by atoms with van der Waals surface area (Å²) in [7, 11) is 1.66. The van der Waals surface area contributed by atoms with Crippen LogP contribution in [0.2, 0.25) is 0 Å². The summed E-state index contributed by atoms with van der Waals surface area (Å²) >= 11 is 0. The fraction of sp³-hybridized carbons (Fsp3) is 0.458. The number of nitrogens with zero attached hydrogens (tertiary/aromatic N) is 4. The lowest BCUT2D eigenvalue weighted by molar-refractivity contribution is 0.194. The van der Waals surface area contributed by atoms with E-state index in [2.05, 4.69) is 40.8 Å². The summed E-state index contributed by atoms with van der Waals surface area (Å²) in [5, 5.41) is 14.2. The van der Waals surface area contributed by atoms with Crippen LogP contribution in [-0.2, 0) is 12.8 Å². The average molecular weight is 425 g/mol. The molecule has 3 aromatic rings. The van der Waals surface area contributed by atoms with E-state index in [4.69, 9.17) is 9.26 Å². The summed E-state index contributed by atoms with van der Waals surface area (Å²) in [5.74, 6) is 2.68. The minimum absolute atomic E-state index is 0.458. The van der Waals surface area contributed by atoms with Crippen LogP contribution in [0, 0.1) is 6.92 Å². The first-order valence-corrected chi connectivity index (χ1v) is 10.9. The summed E-state index contributed by atoms with van der Waals surface area (Å²) in [6.45, 7) is 11.8. The molecule has 7 nitrogen and oxygen atoms in total. The SMILES string of the molecule is CCc1cc(-c2noc(-c3cc(C)nc(N(CC)CC)c3)n2)cc(C[C@H](C)O)c1OC. The van der Waals surface area contributed by atoms with Crippen molar-refractivity contribution in [3.63, 3.8) is 0 Å². The number of aromatic nitrogens is 3. The highest BCUT2D eigenvalue weighted by atomic mass is 16.5. The van der Waals surface area contributed by atoms with Gasteiger partial charge in [0.1, 0.15) is 11.6 Å². The molecule has 0 radical (unpaired) electrons. The summed E-state index contributed by atoms with van der Waals surface area (Å²) < 4.78 is 11.2. The molecule has 1 atom stereocenters. The zero-order valence-electron chi connectivity index (χ0n) is 19.3. The average Bonchev–Trinajstić information content (AvgIpc) is 3.23. The van der Waals surface area contributed by atoms with Crippen molar-refractivity contribution in [2.45, 2.75) is 53.6 Å². The maximum absolute atomic E-state index is 9.93. The molecule has 1 aromatic carbocycles. The Morgan fingerprint density at radius 2 is 1.74 bits per heavy atom. The summed E-state index contributed by atoms with van der Waals surface area (Å²) in [4.78, 5) is 11.5. The van der Waals surface area contributed by atoms with Gasteiger partial charge in [0.25, 0.3) is 5.89 Å². The lowest BCUT2D eigenvalue weighted by Gasteiger charge is -2.20. The molecular weight excluding hydrogens is 392 g/mol. The molecular formula is C24H32N4O3. The van der Waals surface area contributed by atoms with Crippen molar-refractivity contribution in [2.24, 2.45) is 0 Å². The van der Waals surface area contributed by atoms with Crippen LogP contribution in [0.25, 0.3) is 22.8 Å². The van der Waals surface area contributed by atoms with E-state index in [1.165, 1.54) is 0 Å². The van der Waals surface area contributed by atoms with E-state index in [1.54, 1.807) is 14.0 Å². The molecule has 0 saturated heterocycles. The Kier molecular flexibility index (Phi) is 7.28. The Bertz CT molecular complexity index is 1030. The molecule has 0 spiro atoms. The predicted molar refractivity (Wildman–Crippen MR) is 123 cm³/mol. The van der Waals surface area contributed by atoms with Gasteiger partial charge in [-0.25, -0.2) is 4.98 Å². The van der Waals surface area contributed by atoms with Crippen LogP contribution in [-0.4, -0.2) is 46.5 Å². The number of ether oxygens (including phenoxy) is 1. The molecule has 0 saturated carbocycles. The molecule has 0 unspecified atom stereocenters. The quantitative estimate of drug-likeness (QED) is 0.543. The topological polar surface area (TPSA) is 84.5 Å². The number of aliphatic hydroxyl groups is 1. The fourth-order valence-corrected chi connectivity index (χ4v) is 3.82. The van der Waals surface area contributed by atoms with E-state index in [9.17, 15) is 5.11 Å². The lowest BCUT2D eigenvalue weighted by Crippen LogP contribution is -2.23. The molecule has 7 heteroatoms. The number of aliphatic hydroxyl groups excluding tert-OH is 1. The van der Waals surface area contributed by atoms with Gasteiger partial charge in [-0.1, -0.05) is 12.1 Å². The highest BCUT2D eigenvalue weighted by molar-refractivity contribution is 5.65. The van der Waals surface area contributed by atoms with Gasteiger partial charge >= 0.3 is 0 Å². The fourth-order valence-electron chi connectivity index (χ4n) is 3.82. The second-order valence-electron chi connectivity index (χ2n) is 7.69. The normalized spacial score (nSPS) is 12.1. The smallest absolute Gasteiger partial charge is 0.258 e. The zero-order chi connectivity index (χ0) is 22.5. The number of hydrogen-bond acceptors (Lipinski definition) is 7. The van der Waals surface area contributed by atoms with Crippen LogP contribution in [0.3, 0.4) is 0 Å². The second-order valence-corrected chi connectivity index (χ2v) is 7.69. The third kappa shape index (κ3) is 5.05. The molecule has 2 aromatic heterocycles. The lowest BCUT2D eigenvalue weighted by atomic mass is 9.98. The van der Waals surface area contributed by atoms with Crippen LogP contribution in [0.15, 0.2) is 28.8 Å². The Morgan fingerprint density at radius 1 is 1.03 bits per heavy atom. The van der Waals surface area contributed by atoms with Crippen LogP contribution in [0.4, 0.5) is 5.82 Å². The van der Waals surface area contributed by atoms with Gasteiger partial charge in [0.2, 0.25) is 5.82 Å². The molecule has 0 aliphatic rings. The van der Waals surface area contributed by atoms with Crippen molar-refractivity contribution in [1.29, 1.82) is 0 Å². The molecule has 31 heavy (non-hydrogen) atoms. The van der Waals surface area contributed by atoms with E-state index in [0.29, 0.717) is 18.1 Å². The molecule has 0 amide bonds. The second kappa shape index (κ2) is 9.92. The highest BCUT2D eigenvalue weighted by Gasteiger charge is 2.18. The number of aryl methyl sites for hydroxylation is 2. The van der Waals surface area contributed by atoms with Crippen molar-refractivity contribution in [1.82, 2.24) is 15.1 Å². The molecule has 0 bridgehead atoms. The van der Waals surface area contributed by atoms with Crippen molar-refractivity contribution < 1.29 is 14.4 Å². The third-order valence-electron chi connectivity index (χ3n) is 5.30. The minimum atomic E-state index is -0.479. The van der Waals surface area contributed by atoms with Gasteiger partial charge in [0.15, 0.2) is 0 Å². The minimum Gasteiger partial charge on any atom is -0.496 e. The molecule has 166 valence electrons. The third-order valence-corrected chi connectivity index (χ3v) is 5.30. The van der Waals surface area contributed by atoms with Gasteiger partial charge < -0.3 is 19.3 Å². The van der Waals surface area contributed by atoms with Crippen LogP contribution < -0.4 is 9.64 Å². The van der Waals surface area contributed by atoms with Gasteiger partial charge in [-0.15, -0.1) is 0 Å². The first-order chi connectivity index (χ1) is 14.9. The molecule has 0 aliphatic heterocycles. The molecule has 2 heterocycles. The van der Waals surface area contributed by atoms with Crippen LogP contribution in [0.1, 0.15) is 44.5 Å². The highest BCUT2D eigenvalue weighted by Crippen LogP contribution is 2.32. The van der Waals surface area contributed by atoms with Crippen molar-refractivity contribution in [3.8, 4) is 28.6 Å². The maximum Gasteiger partial charge on any atom is 0.258 e. The van der Waals surface area contributed by atoms with Gasteiger partial charge in [0, 0.05) is 36.3 Å². The summed E-state index contributed by atoms with van der Waals surface area (Å²) in [6.07, 6.45) is 0.810. The van der Waals surface area contributed by atoms with E-state index in [1.807, 2.05) is 31.2 Å². The van der Waals surface area contributed by atoms with Crippen molar-refractivity contribution in [2.75, 3.05) is 25.1 Å². The first-order valence-electron chi connectivity index (χ1n) is 10.9. The summed E-state index contributed by atoms with van der Waals surface area (Å²) in [6, 6.07) is 7.94. The van der Waals surface area contributed by atoms with Gasteiger partial charge in [-0.05, 0) is 69.5 Å². The Balaban J connectivity index is 2.03. The number of methoxy groups -OCH3 is 1. The van der Waals surface area contributed by atoms with E-state index >= 15 is 0 Å². The zero-order valence-corrected chi connectivity index (χ0v) is 19.3. The van der Waals surface area contributed by atoms with Crippen LogP contribution >= 0.6 is 0 Å². The Morgan fingerprint density at radius 3 is 2.35 bits per heavy atom. The van der Waals surface area contributed by atoms with E-state index in [-0.39, 0.29) is 0 Å². The summed E-state index contributed by atoms with van der Waals surface area (Å²) in [5.41, 5.74) is 4.57. The standard InChI is InChI=1S/C24H32N4O3/c1-7-17-12-19(13-18(11-16(5)29)22(17)30-6)23-26-24(31-27-23)20-10-15(4)25-21(14-20)28(8-2)9-3/h10,12-14,16,29H,7-9,11H2,1-6H3/t16-/m0/s1. The number of anilines is 1. The Hall–Kier alpha value is -2.93. The number of benzene rings is 1. The van der Waals surface area contributed by atoms with Gasteiger partial charge in [-0.3, -0.25) is 0 Å². The first kappa shape index (κ1) is 22.7. The molecule has 1 N–H and O–H groups in total. The van der Waals surface area contributed by atoms with E-state index in [0.717, 1.165) is 59.0 Å². The predicted octanol–water partition coefficient (Wildman–Crippen LogP) is 4.45. The monoisotopic (exact) mass is 424 g/mol. The van der Waals surface area contributed by atoms with Crippen LogP contribution in [0.5, 0.6) is 5.75 Å². The molecule has 3 rings (SSSR count). The number of pyridine rings is 1. The van der Waals surface area contributed by atoms with Gasteiger partial charge in [0.05, 0.1) is 13.2 Å². The number of rotatable bonds is 9. The Labute approximate surface area is 184 Å². The molecule has 0 aliphatic carbocycles. The van der Waals surface area contributed by atoms with Crippen molar-refractivity contribution in [3.05, 3.63) is 41.1 Å². The molecule has 0 fully saturated rings. The van der Waals surface area contributed by atoms with Gasteiger partial charge in [-0.2, -0.15) is 4.98 Å².